The zero-order chi connectivity index (χ0) is 20.9. The number of nitrogens with zero attached hydrogens (tertiary/aromatic N) is 1. The minimum atomic E-state index is -4.37. The summed E-state index contributed by atoms with van der Waals surface area (Å²) < 4.78 is 61.1. The van der Waals surface area contributed by atoms with Crippen LogP contribution >= 0.6 is 0 Å². The molecule has 0 spiro atoms. The van der Waals surface area contributed by atoms with Crippen LogP contribution in [0, 0.1) is 18.3 Å². The summed E-state index contributed by atoms with van der Waals surface area (Å²) in [6.45, 7) is 2.82. The molecule has 0 aliphatic heterocycles. The molecule has 0 saturated carbocycles. The number of benzene rings is 2. The van der Waals surface area contributed by atoms with Crippen molar-refractivity contribution < 1.29 is 26.7 Å². The molecular formula is C19H18F2N2O4S. The molecule has 0 fully saturated rings. The average Bonchev–Trinajstić information content (AvgIpc) is 2.66. The summed E-state index contributed by atoms with van der Waals surface area (Å²) in [6, 6.07) is 10.0. The Morgan fingerprint density at radius 1 is 1.18 bits per heavy atom. The van der Waals surface area contributed by atoms with Crippen molar-refractivity contribution in [3.05, 3.63) is 65.2 Å². The largest absolute Gasteiger partial charge is 0.462 e. The van der Waals surface area contributed by atoms with Crippen molar-refractivity contribution in [2.24, 2.45) is 0 Å². The van der Waals surface area contributed by atoms with Gasteiger partial charge in [0.15, 0.2) is 0 Å². The van der Waals surface area contributed by atoms with Gasteiger partial charge in [0, 0.05) is 0 Å². The van der Waals surface area contributed by atoms with Crippen LogP contribution < -0.4 is 4.72 Å². The van der Waals surface area contributed by atoms with E-state index in [-0.39, 0.29) is 22.6 Å². The van der Waals surface area contributed by atoms with Crippen LogP contribution in [0.5, 0.6) is 0 Å². The van der Waals surface area contributed by atoms with Crippen molar-refractivity contribution in [2.45, 2.75) is 30.7 Å². The maximum Gasteiger partial charge on any atom is 0.379 e. The molecule has 148 valence electrons. The van der Waals surface area contributed by atoms with E-state index >= 15 is 0 Å². The molecule has 6 nitrogen and oxygen atoms in total. The minimum Gasteiger partial charge on any atom is -0.462 e. The third-order valence-electron chi connectivity index (χ3n) is 3.89. The van der Waals surface area contributed by atoms with E-state index in [2.05, 4.69) is 4.74 Å². The fourth-order valence-corrected chi connectivity index (χ4v) is 3.61. The molecule has 0 radical (unpaired) electrons. The number of halogens is 2. The Morgan fingerprint density at radius 2 is 1.75 bits per heavy atom. The van der Waals surface area contributed by atoms with Crippen LogP contribution in [0.25, 0.3) is 0 Å². The molecule has 28 heavy (non-hydrogen) atoms. The number of alkyl halides is 2. The summed E-state index contributed by atoms with van der Waals surface area (Å²) in [5.41, 5.74) is 0.801. The van der Waals surface area contributed by atoms with Gasteiger partial charge in [0.05, 0.1) is 23.1 Å². The Balaban J connectivity index is 2.49. The monoisotopic (exact) mass is 408 g/mol. The van der Waals surface area contributed by atoms with Gasteiger partial charge >= 0.3 is 11.9 Å². The van der Waals surface area contributed by atoms with E-state index in [0.717, 1.165) is 17.7 Å². The lowest BCUT2D eigenvalue weighted by molar-refractivity contribution is -0.175. The van der Waals surface area contributed by atoms with E-state index in [1.54, 1.807) is 6.92 Å². The molecule has 0 aliphatic rings. The SMILES string of the molecule is CCOC(=O)C(F)(F)C(NS(=O)(=O)c1ccc(C)cc1)c1ccc(C#N)cc1. The topological polar surface area (TPSA) is 96.3 Å². The summed E-state index contributed by atoms with van der Waals surface area (Å²) in [6.07, 6.45) is 0. The number of hydrogen-bond acceptors (Lipinski definition) is 5. The van der Waals surface area contributed by atoms with Crippen molar-refractivity contribution in [1.29, 1.82) is 5.26 Å². The average molecular weight is 408 g/mol. The fraction of sp³-hybridized carbons (Fsp3) is 0.263. The molecule has 0 heterocycles. The summed E-state index contributed by atoms with van der Waals surface area (Å²) in [4.78, 5) is 11.6. The molecule has 1 unspecified atom stereocenters. The van der Waals surface area contributed by atoms with E-state index in [0.29, 0.717) is 0 Å². The van der Waals surface area contributed by atoms with Gasteiger partial charge in [-0.25, -0.2) is 13.2 Å². The van der Waals surface area contributed by atoms with Gasteiger partial charge in [-0.1, -0.05) is 29.8 Å². The van der Waals surface area contributed by atoms with Crippen molar-refractivity contribution >= 4 is 16.0 Å². The zero-order valence-electron chi connectivity index (χ0n) is 15.1. The van der Waals surface area contributed by atoms with E-state index in [1.807, 2.05) is 10.8 Å². The van der Waals surface area contributed by atoms with Gasteiger partial charge in [0.25, 0.3) is 0 Å². The number of ether oxygens (including phenoxy) is 1. The van der Waals surface area contributed by atoms with Gasteiger partial charge in [0.1, 0.15) is 6.04 Å². The van der Waals surface area contributed by atoms with Crippen LogP contribution in [-0.2, 0) is 19.6 Å². The van der Waals surface area contributed by atoms with Crippen molar-refractivity contribution in [1.82, 2.24) is 4.72 Å². The lowest BCUT2D eigenvalue weighted by Gasteiger charge is -2.26. The molecular weight excluding hydrogens is 390 g/mol. The zero-order valence-corrected chi connectivity index (χ0v) is 16.0. The second kappa shape index (κ2) is 8.46. The van der Waals surface area contributed by atoms with Crippen LogP contribution in [-0.4, -0.2) is 26.9 Å². The second-order valence-electron chi connectivity index (χ2n) is 5.94. The van der Waals surface area contributed by atoms with Gasteiger partial charge < -0.3 is 4.74 Å². The molecule has 2 rings (SSSR count). The smallest absolute Gasteiger partial charge is 0.379 e. The number of sulfonamides is 1. The van der Waals surface area contributed by atoms with Crippen LogP contribution in [0.15, 0.2) is 53.4 Å². The first kappa shape index (κ1) is 21.5. The maximum absolute atomic E-state index is 14.8. The molecule has 2 aromatic carbocycles. The molecule has 0 amide bonds. The number of nitrogens with one attached hydrogen (secondary N) is 1. The first-order valence-electron chi connectivity index (χ1n) is 8.26. The first-order valence-corrected chi connectivity index (χ1v) is 9.74. The predicted molar refractivity (Wildman–Crippen MR) is 97.0 cm³/mol. The van der Waals surface area contributed by atoms with Crippen LogP contribution in [0.2, 0.25) is 0 Å². The molecule has 0 aliphatic carbocycles. The Morgan fingerprint density at radius 3 is 2.25 bits per heavy atom. The van der Waals surface area contributed by atoms with Gasteiger partial charge in [-0.05, 0) is 43.7 Å². The molecule has 0 saturated heterocycles. The van der Waals surface area contributed by atoms with Gasteiger partial charge in [-0.3, -0.25) is 0 Å². The van der Waals surface area contributed by atoms with E-state index in [4.69, 9.17) is 5.26 Å². The van der Waals surface area contributed by atoms with Crippen molar-refractivity contribution in [2.75, 3.05) is 6.61 Å². The molecule has 1 N–H and O–H groups in total. The van der Waals surface area contributed by atoms with Gasteiger partial charge in [-0.2, -0.15) is 18.8 Å². The number of esters is 1. The number of carbonyl (C=O) groups is 1. The number of nitriles is 1. The predicted octanol–water partition coefficient (Wildman–Crippen LogP) is 3.08. The fourth-order valence-electron chi connectivity index (χ4n) is 2.39. The maximum atomic E-state index is 14.8. The number of aryl methyl sites for hydroxylation is 1. The summed E-state index contributed by atoms with van der Waals surface area (Å²) in [5, 5.41) is 8.86. The van der Waals surface area contributed by atoms with Crippen LogP contribution in [0.1, 0.15) is 29.7 Å². The summed E-state index contributed by atoms with van der Waals surface area (Å²) in [7, 11) is -4.37. The second-order valence-corrected chi connectivity index (χ2v) is 7.66. The first-order chi connectivity index (χ1) is 13.1. The highest BCUT2D eigenvalue weighted by atomic mass is 32.2. The van der Waals surface area contributed by atoms with Crippen LogP contribution in [0.4, 0.5) is 8.78 Å². The number of rotatable bonds is 7. The third kappa shape index (κ3) is 4.71. The third-order valence-corrected chi connectivity index (χ3v) is 5.33. The van der Waals surface area contributed by atoms with E-state index in [1.165, 1.54) is 43.3 Å². The van der Waals surface area contributed by atoms with Gasteiger partial charge in [-0.15, -0.1) is 0 Å². The lowest BCUT2D eigenvalue weighted by Crippen LogP contribution is -2.46. The highest BCUT2D eigenvalue weighted by molar-refractivity contribution is 7.89. The minimum absolute atomic E-state index is 0.187. The Labute approximate surface area is 161 Å². The molecule has 0 aromatic heterocycles. The number of carbonyl (C=O) groups excluding carboxylic acids is 1. The molecule has 0 bridgehead atoms. The molecule has 9 heteroatoms. The van der Waals surface area contributed by atoms with E-state index in [9.17, 15) is 22.0 Å². The lowest BCUT2D eigenvalue weighted by atomic mass is 10.0. The quantitative estimate of drug-likeness (QED) is 0.711. The van der Waals surface area contributed by atoms with Crippen LogP contribution in [0.3, 0.4) is 0 Å². The highest BCUT2D eigenvalue weighted by Crippen LogP contribution is 2.34. The highest BCUT2D eigenvalue weighted by Gasteiger charge is 2.51. The Bertz CT molecular complexity index is 982. The van der Waals surface area contributed by atoms with Gasteiger partial charge in [0.2, 0.25) is 10.0 Å². The van der Waals surface area contributed by atoms with E-state index < -0.39 is 28.0 Å². The molecule has 1 atom stereocenters. The summed E-state index contributed by atoms with van der Waals surface area (Å²) >= 11 is 0. The number of hydrogen-bond donors (Lipinski definition) is 1. The van der Waals surface area contributed by atoms with Crippen molar-refractivity contribution in [3.63, 3.8) is 0 Å². The Hall–Kier alpha value is -2.83. The normalized spacial score (nSPS) is 12.8. The Kier molecular flexibility index (Phi) is 6.48. The summed E-state index contributed by atoms with van der Waals surface area (Å²) in [5.74, 6) is -6.03. The molecule has 2 aromatic rings. The van der Waals surface area contributed by atoms with Crippen molar-refractivity contribution in [3.8, 4) is 6.07 Å². The standard InChI is InChI=1S/C19H18F2N2O4S/c1-3-27-18(24)19(20,21)17(15-8-6-14(12-22)7-9-15)23-28(25,26)16-10-4-13(2)5-11-16/h4-11,17,23H,3H2,1-2H3.